The fraction of sp³-hybridized carbons (Fsp3) is 1.00. The largest absolute Gasteiger partial charge is 0.399 e. The first-order valence-electron chi connectivity index (χ1n) is 2.90. The van der Waals surface area contributed by atoms with Crippen LogP contribution in [0.15, 0.2) is 0 Å². The van der Waals surface area contributed by atoms with Crippen molar-refractivity contribution in [1.82, 2.24) is 0 Å². The van der Waals surface area contributed by atoms with Crippen LogP contribution in [-0.4, -0.2) is 13.2 Å². The molecule has 6 heteroatoms. The second-order valence-corrected chi connectivity index (χ2v) is 6.24. The standard InChI is InChI=1S/C4H11O3PS2/c1-3-6-8(5,10-9)7-4-2/h9H,3-4H2,1-2H3. The molecule has 0 spiro atoms. The molecule has 0 amide bonds. The summed E-state index contributed by atoms with van der Waals surface area (Å²) < 4.78 is 20.9. The zero-order chi connectivity index (χ0) is 8.04. The van der Waals surface area contributed by atoms with E-state index in [1.165, 1.54) is 0 Å². The van der Waals surface area contributed by atoms with Gasteiger partial charge in [-0.15, -0.1) is 0 Å². The molecule has 0 aromatic carbocycles. The second kappa shape index (κ2) is 5.49. The second-order valence-electron chi connectivity index (χ2n) is 1.36. The molecular formula is C4H11O3PS2. The van der Waals surface area contributed by atoms with Crippen molar-refractivity contribution < 1.29 is 13.6 Å². The Hall–Kier alpha value is 0.850. The summed E-state index contributed by atoms with van der Waals surface area (Å²) in [5.41, 5.74) is 0. The van der Waals surface area contributed by atoms with E-state index in [1.54, 1.807) is 13.8 Å². The van der Waals surface area contributed by atoms with E-state index in [9.17, 15) is 4.57 Å². The van der Waals surface area contributed by atoms with Crippen LogP contribution in [0.4, 0.5) is 0 Å². The highest BCUT2D eigenvalue weighted by Gasteiger charge is 2.21. The molecule has 0 aliphatic rings. The highest BCUT2D eigenvalue weighted by molar-refractivity contribution is 8.93. The van der Waals surface area contributed by atoms with Gasteiger partial charge in [0.1, 0.15) is 0 Å². The minimum absolute atomic E-state index is 0.380. The first kappa shape index (κ1) is 10.8. The molecule has 0 radical (unpaired) electrons. The lowest BCUT2D eigenvalue weighted by atomic mass is 10.9. The van der Waals surface area contributed by atoms with E-state index in [2.05, 4.69) is 11.7 Å². The zero-order valence-electron chi connectivity index (χ0n) is 5.94. The topological polar surface area (TPSA) is 35.5 Å². The lowest BCUT2D eigenvalue weighted by molar-refractivity contribution is 0.237. The molecule has 3 nitrogen and oxygen atoms in total. The van der Waals surface area contributed by atoms with Crippen LogP contribution in [0, 0.1) is 0 Å². The van der Waals surface area contributed by atoms with E-state index in [1.807, 2.05) is 0 Å². The Labute approximate surface area is 70.0 Å². The molecule has 0 aliphatic carbocycles. The molecule has 0 saturated carbocycles. The Morgan fingerprint density at radius 1 is 1.40 bits per heavy atom. The van der Waals surface area contributed by atoms with E-state index in [-0.39, 0.29) is 0 Å². The molecule has 0 rings (SSSR count). The summed E-state index contributed by atoms with van der Waals surface area (Å²) in [5.74, 6) is 0. The predicted octanol–water partition coefficient (Wildman–Crippen LogP) is 2.75. The number of hydrogen-bond donors (Lipinski definition) is 1. The molecule has 0 fully saturated rings. The van der Waals surface area contributed by atoms with Crippen LogP contribution < -0.4 is 0 Å². The summed E-state index contributed by atoms with van der Waals surface area (Å²) in [6.07, 6.45) is 0. The molecule has 0 unspecified atom stereocenters. The normalized spacial score (nSPS) is 11.9. The third-order valence-corrected chi connectivity index (χ3v) is 5.06. The molecule has 0 aromatic rings. The molecule has 0 saturated heterocycles. The summed E-state index contributed by atoms with van der Waals surface area (Å²) in [6, 6.07) is 0. The van der Waals surface area contributed by atoms with Crippen LogP contribution in [0.3, 0.4) is 0 Å². The van der Waals surface area contributed by atoms with Gasteiger partial charge in [-0.3, -0.25) is 0 Å². The Kier molecular flexibility index (Phi) is 5.96. The van der Waals surface area contributed by atoms with Gasteiger partial charge in [0.25, 0.3) is 0 Å². The number of hydrogen-bond acceptors (Lipinski definition) is 5. The van der Waals surface area contributed by atoms with Gasteiger partial charge in [-0.05, 0) is 13.8 Å². The van der Waals surface area contributed by atoms with Gasteiger partial charge in [0.05, 0.1) is 13.2 Å². The monoisotopic (exact) mass is 202 g/mol. The van der Waals surface area contributed by atoms with Crippen LogP contribution >= 0.6 is 28.9 Å². The zero-order valence-corrected chi connectivity index (χ0v) is 8.55. The van der Waals surface area contributed by atoms with Crippen molar-refractivity contribution in [1.29, 1.82) is 0 Å². The van der Waals surface area contributed by atoms with Gasteiger partial charge >= 0.3 is 6.80 Å². The fourth-order valence-corrected chi connectivity index (χ4v) is 2.97. The summed E-state index contributed by atoms with van der Waals surface area (Å²) in [7, 11) is 0.827. The quantitative estimate of drug-likeness (QED) is 0.422. The molecule has 62 valence electrons. The van der Waals surface area contributed by atoms with Crippen LogP contribution in [0.5, 0.6) is 0 Å². The Balaban J connectivity index is 3.83. The van der Waals surface area contributed by atoms with Gasteiger partial charge in [-0.1, -0.05) is 11.7 Å². The number of rotatable bonds is 5. The van der Waals surface area contributed by atoms with Gasteiger partial charge < -0.3 is 9.05 Å². The molecular weight excluding hydrogens is 191 g/mol. The minimum Gasteiger partial charge on any atom is -0.300 e. The SMILES string of the molecule is CCOP(=O)(OCC)SS. The van der Waals surface area contributed by atoms with Crippen molar-refractivity contribution in [2.45, 2.75) is 13.8 Å². The van der Waals surface area contributed by atoms with Crippen molar-refractivity contribution >= 4 is 28.9 Å². The first-order chi connectivity index (χ1) is 4.68. The third kappa shape index (κ3) is 3.88. The molecule has 0 N–H and O–H groups in total. The van der Waals surface area contributed by atoms with Crippen molar-refractivity contribution in [3.8, 4) is 0 Å². The fourth-order valence-electron chi connectivity index (χ4n) is 0.401. The van der Waals surface area contributed by atoms with Gasteiger partial charge in [-0.25, -0.2) is 4.57 Å². The van der Waals surface area contributed by atoms with Gasteiger partial charge in [-0.2, -0.15) is 0 Å². The lowest BCUT2D eigenvalue weighted by Gasteiger charge is -2.11. The summed E-state index contributed by atoms with van der Waals surface area (Å²) in [5, 5.41) is 0. The number of thiol groups is 1. The average Bonchev–Trinajstić information content (AvgIpc) is 1.89. The Morgan fingerprint density at radius 2 is 1.80 bits per heavy atom. The van der Waals surface area contributed by atoms with Crippen molar-refractivity contribution in [2.75, 3.05) is 13.2 Å². The first-order valence-corrected chi connectivity index (χ1v) is 6.92. The van der Waals surface area contributed by atoms with E-state index in [0.29, 0.717) is 13.2 Å². The maximum absolute atomic E-state index is 11.2. The van der Waals surface area contributed by atoms with Crippen LogP contribution in [0.1, 0.15) is 13.8 Å². The van der Waals surface area contributed by atoms with E-state index in [4.69, 9.17) is 9.05 Å². The maximum Gasteiger partial charge on any atom is 0.399 e. The minimum atomic E-state index is -2.92. The third-order valence-electron chi connectivity index (χ3n) is 0.674. The van der Waals surface area contributed by atoms with E-state index >= 15 is 0 Å². The summed E-state index contributed by atoms with van der Waals surface area (Å²) in [4.78, 5) is 0. The highest BCUT2D eigenvalue weighted by Crippen LogP contribution is 2.62. The molecule has 0 atom stereocenters. The van der Waals surface area contributed by atoms with Gasteiger partial charge in [0.15, 0.2) is 0 Å². The van der Waals surface area contributed by atoms with Crippen molar-refractivity contribution in [3.05, 3.63) is 0 Å². The van der Waals surface area contributed by atoms with Crippen LogP contribution in [-0.2, 0) is 13.6 Å². The lowest BCUT2D eigenvalue weighted by Crippen LogP contribution is -1.89. The van der Waals surface area contributed by atoms with Gasteiger partial charge in [0.2, 0.25) is 0 Å². The average molecular weight is 202 g/mol. The van der Waals surface area contributed by atoms with Crippen LogP contribution in [0.2, 0.25) is 0 Å². The van der Waals surface area contributed by atoms with Crippen LogP contribution in [0.25, 0.3) is 0 Å². The van der Waals surface area contributed by atoms with E-state index < -0.39 is 6.80 Å². The van der Waals surface area contributed by atoms with Crippen molar-refractivity contribution in [3.63, 3.8) is 0 Å². The molecule has 0 heterocycles. The summed E-state index contributed by atoms with van der Waals surface area (Å²) in [6.45, 7) is 1.36. The smallest absolute Gasteiger partial charge is 0.300 e. The summed E-state index contributed by atoms with van der Waals surface area (Å²) >= 11 is 3.77. The highest BCUT2D eigenvalue weighted by atomic mass is 33.3. The molecule has 0 bridgehead atoms. The van der Waals surface area contributed by atoms with E-state index in [0.717, 1.165) is 10.4 Å². The maximum atomic E-state index is 11.2. The molecule has 0 aliphatic heterocycles. The Bertz CT molecular complexity index is 120. The van der Waals surface area contributed by atoms with Gasteiger partial charge in [0, 0.05) is 10.4 Å². The molecule has 0 aromatic heterocycles. The predicted molar refractivity (Wildman–Crippen MR) is 47.4 cm³/mol. The van der Waals surface area contributed by atoms with Crippen molar-refractivity contribution in [2.24, 2.45) is 0 Å². The Morgan fingerprint density at radius 3 is 2.00 bits per heavy atom. The molecule has 10 heavy (non-hydrogen) atoms.